The van der Waals surface area contributed by atoms with Gasteiger partial charge in [-0.15, -0.1) is 0 Å². The van der Waals surface area contributed by atoms with E-state index >= 15 is 0 Å². The highest BCUT2D eigenvalue weighted by atomic mass is 16.3. The maximum Gasteiger partial charge on any atom is 0.143 e. The van der Waals surface area contributed by atoms with Crippen LogP contribution in [-0.2, 0) is 5.41 Å². The quantitative estimate of drug-likeness (QED) is 0.160. The fraction of sp³-hybridized carbons (Fsp3) is 0.0667. The zero-order chi connectivity index (χ0) is 41.8. The monoisotopic (exact) mass is 795 g/mol. The van der Waals surface area contributed by atoms with E-state index in [2.05, 4.69) is 244 Å². The number of fused-ring (bicyclic) bond motifs is 5. The molecule has 0 aliphatic rings. The van der Waals surface area contributed by atoms with Crippen LogP contribution in [0.2, 0.25) is 0 Å². The van der Waals surface area contributed by atoms with Gasteiger partial charge < -0.3 is 9.32 Å². The summed E-state index contributed by atoms with van der Waals surface area (Å²) in [6.45, 7) is 6.74. The summed E-state index contributed by atoms with van der Waals surface area (Å²) in [5.74, 6) is 0. The van der Waals surface area contributed by atoms with Crippen molar-refractivity contribution >= 4 is 60.5 Å². The average molecular weight is 796 g/mol. The topological polar surface area (TPSA) is 16.4 Å². The molecule has 0 saturated heterocycles. The molecule has 0 amide bonds. The van der Waals surface area contributed by atoms with Crippen LogP contribution >= 0.6 is 0 Å². The molecule has 10 aromatic carbocycles. The summed E-state index contributed by atoms with van der Waals surface area (Å²) in [4.78, 5) is 2.35. The van der Waals surface area contributed by atoms with E-state index < -0.39 is 0 Å². The van der Waals surface area contributed by atoms with Crippen molar-refractivity contribution in [2.75, 3.05) is 4.90 Å². The maximum atomic E-state index is 6.77. The van der Waals surface area contributed by atoms with Gasteiger partial charge in [-0.2, -0.15) is 0 Å². The van der Waals surface area contributed by atoms with Crippen LogP contribution in [0.3, 0.4) is 0 Å². The molecule has 1 aromatic heterocycles. The third kappa shape index (κ3) is 6.71. The Kier molecular flexibility index (Phi) is 9.09. The summed E-state index contributed by atoms with van der Waals surface area (Å²) < 4.78 is 6.77. The zero-order valence-electron chi connectivity index (χ0n) is 35.1. The van der Waals surface area contributed by atoms with Crippen molar-refractivity contribution in [2.45, 2.75) is 26.2 Å². The number of benzene rings is 10. The minimum atomic E-state index is -0.0347. The Labute approximate surface area is 363 Å². The molecule has 62 heavy (non-hydrogen) atoms. The van der Waals surface area contributed by atoms with Crippen molar-refractivity contribution in [3.05, 3.63) is 224 Å². The van der Waals surface area contributed by atoms with Crippen molar-refractivity contribution in [3.63, 3.8) is 0 Å². The van der Waals surface area contributed by atoms with Crippen LogP contribution in [0.1, 0.15) is 26.3 Å². The van der Waals surface area contributed by atoms with Crippen LogP contribution in [0.25, 0.3) is 88.0 Å². The lowest BCUT2D eigenvalue weighted by atomic mass is 9.86. The molecule has 0 unspecified atom stereocenters. The molecule has 0 radical (unpaired) electrons. The van der Waals surface area contributed by atoms with E-state index in [-0.39, 0.29) is 5.41 Å². The Balaban J connectivity index is 0.954. The molecule has 0 bridgehead atoms. The van der Waals surface area contributed by atoms with Gasteiger partial charge in [0.1, 0.15) is 11.2 Å². The molecule has 2 heteroatoms. The molecule has 0 saturated carbocycles. The molecular formula is C60H45NO. The van der Waals surface area contributed by atoms with E-state index in [0.717, 1.165) is 50.1 Å². The Hall–Kier alpha value is -7.68. The fourth-order valence-electron chi connectivity index (χ4n) is 9.17. The molecule has 0 aliphatic carbocycles. The van der Waals surface area contributed by atoms with Crippen molar-refractivity contribution in [3.8, 4) is 44.5 Å². The molecule has 0 fully saturated rings. The van der Waals surface area contributed by atoms with E-state index in [0.29, 0.717) is 0 Å². The van der Waals surface area contributed by atoms with Gasteiger partial charge in [-0.1, -0.05) is 197 Å². The van der Waals surface area contributed by atoms with Gasteiger partial charge in [0.25, 0.3) is 0 Å². The number of rotatable bonds is 7. The summed E-state index contributed by atoms with van der Waals surface area (Å²) in [7, 11) is 0. The summed E-state index contributed by atoms with van der Waals surface area (Å²) in [5.41, 5.74) is 15.8. The van der Waals surface area contributed by atoms with Crippen LogP contribution in [0.15, 0.2) is 223 Å². The summed E-state index contributed by atoms with van der Waals surface area (Å²) in [6, 6.07) is 79.2. The summed E-state index contributed by atoms with van der Waals surface area (Å²) in [5, 5.41) is 7.31. The first kappa shape index (κ1) is 37.3. The first-order chi connectivity index (χ1) is 30.4. The van der Waals surface area contributed by atoms with Crippen LogP contribution in [-0.4, -0.2) is 0 Å². The molecule has 11 aromatic rings. The van der Waals surface area contributed by atoms with Crippen LogP contribution < -0.4 is 4.90 Å². The minimum Gasteiger partial charge on any atom is -0.455 e. The van der Waals surface area contributed by atoms with E-state index in [1.165, 1.54) is 60.5 Å². The standard InChI is InChI=1S/C60H45NO/c1-60(2,3)57-20-10-19-56-55-18-9-17-54(58(55)62-59(56)57)46-31-37-51(38-32-46)61(50-35-29-45(30-36-50)53-16-8-14-44-12-6-7-15-52(44)53)49-33-27-42(28-34-49)41-21-23-43(24-22-41)48-26-25-40-11-4-5-13-47(40)39-48/h4-39H,1-3H3. The van der Waals surface area contributed by atoms with Gasteiger partial charge in [-0.3, -0.25) is 0 Å². The lowest BCUT2D eigenvalue weighted by Gasteiger charge is -2.26. The number of hydrogen-bond donors (Lipinski definition) is 0. The Morgan fingerprint density at radius 2 is 0.758 bits per heavy atom. The number of nitrogens with zero attached hydrogens (tertiary/aromatic N) is 1. The molecular weight excluding hydrogens is 751 g/mol. The predicted octanol–water partition coefficient (Wildman–Crippen LogP) is 17.3. The third-order valence-corrected chi connectivity index (χ3v) is 12.4. The molecule has 0 spiro atoms. The Bertz CT molecular complexity index is 3400. The second-order valence-corrected chi connectivity index (χ2v) is 17.4. The summed E-state index contributed by atoms with van der Waals surface area (Å²) >= 11 is 0. The van der Waals surface area contributed by atoms with E-state index in [4.69, 9.17) is 4.42 Å². The average Bonchev–Trinajstić information content (AvgIpc) is 3.71. The third-order valence-electron chi connectivity index (χ3n) is 12.4. The molecule has 0 N–H and O–H groups in total. The number of anilines is 3. The van der Waals surface area contributed by atoms with E-state index in [1.54, 1.807) is 0 Å². The summed E-state index contributed by atoms with van der Waals surface area (Å²) in [6.07, 6.45) is 0. The lowest BCUT2D eigenvalue weighted by molar-refractivity contribution is 0.573. The second-order valence-electron chi connectivity index (χ2n) is 17.4. The van der Waals surface area contributed by atoms with Gasteiger partial charge in [0.05, 0.1) is 0 Å². The van der Waals surface area contributed by atoms with Gasteiger partial charge in [-0.05, 0) is 108 Å². The highest BCUT2D eigenvalue weighted by Crippen LogP contribution is 2.42. The predicted molar refractivity (Wildman–Crippen MR) is 264 cm³/mol. The van der Waals surface area contributed by atoms with Crippen LogP contribution in [0.4, 0.5) is 17.1 Å². The van der Waals surface area contributed by atoms with Crippen molar-refractivity contribution in [1.29, 1.82) is 0 Å². The van der Waals surface area contributed by atoms with Gasteiger partial charge >= 0.3 is 0 Å². The molecule has 296 valence electrons. The van der Waals surface area contributed by atoms with E-state index in [1.807, 2.05) is 0 Å². The number of furan rings is 1. The first-order valence-corrected chi connectivity index (χ1v) is 21.5. The van der Waals surface area contributed by atoms with E-state index in [9.17, 15) is 0 Å². The molecule has 11 rings (SSSR count). The minimum absolute atomic E-state index is 0.0347. The first-order valence-electron chi connectivity index (χ1n) is 21.5. The van der Waals surface area contributed by atoms with Gasteiger partial charge in [0.2, 0.25) is 0 Å². The smallest absolute Gasteiger partial charge is 0.143 e. The zero-order valence-corrected chi connectivity index (χ0v) is 35.1. The molecule has 2 nitrogen and oxygen atoms in total. The van der Waals surface area contributed by atoms with Crippen molar-refractivity contribution in [1.82, 2.24) is 0 Å². The van der Waals surface area contributed by atoms with Crippen molar-refractivity contribution in [2.24, 2.45) is 0 Å². The normalized spacial score (nSPS) is 11.8. The van der Waals surface area contributed by atoms with Gasteiger partial charge in [0, 0.05) is 39.0 Å². The van der Waals surface area contributed by atoms with Crippen LogP contribution in [0, 0.1) is 0 Å². The number of hydrogen-bond acceptors (Lipinski definition) is 2. The van der Waals surface area contributed by atoms with Gasteiger partial charge in [0.15, 0.2) is 0 Å². The Morgan fingerprint density at radius 3 is 1.40 bits per heavy atom. The fourth-order valence-corrected chi connectivity index (χ4v) is 9.17. The maximum absolute atomic E-state index is 6.77. The molecule has 1 heterocycles. The van der Waals surface area contributed by atoms with Gasteiger partial charge in [-0.25, -0.2) is 0 Å². The number of para-hydroxylation sites is 2. The second kappa shape index (κ2) is 15.1. The molecule has 0 aliphatic heterocycles. The highest BCUT2D eigenvalue weighted by molar-refractivity contribution is 6.10. The lowest BCUT2D eigenvalue weighted by Crippen LogP contribution is -2.10. The molecule has 0 atom stereocenters. The highest BCUT2D eigenvalue weighted by Gasteiger charge is 2.22. The largest absolute Gasteiger partial charge is 0.455 e. The van der Waals surface area contributed by atoms with Crippen molar-refractivity contribution < 1.29 is 4.42 Å². The van der Waals surface area contributed by atoms with Crippen LogP contribution in [0.5, 0.6) is 0 Å². The Morgan fingerprint density at radius 1 is 0.323 bits per heavy atom. The SMILES string of the molecule is CC(C)(C)c1cccc2c1oc1c(-c3ccc(N(c4ccc(-c5ccc(-c6ccc7ccccc7c6)cc5)cc4)c4ccc(-c5cccc6ccccc56)cc4)cc3)cccc12.